The number of carbonyl (C=O) groups excluding carboxylic acids is 1. The summed E-state index contributed by atoms with van der Waals surface area (Å²) in [5, 5.41) is 0. The summed E-state index contributed by atoms with van der Waals surface area (Å²) < 4.78 is 11.6. The Morgan fingerprint density at radius 2 is 1.19 bits per heavy atom. The Bertz CT molecular complexity index is 749. The molecule has 2 aromatic carbocycles. The van der Waals surface area contributed by atoms with Crippen molar-refractivity contribution in [3.63, 3.8) is 0 Å². The highest BCUT2D eigenvalue weighted by Crippen LogP contribution is 2.23. The van der Waals surface area contributed by atoms with Gasteiger partial charge in [-0.05, 0) is 43.0 Å². The molecule has 0 aliphatic carbocycles. The van der Waals surface area contributed by atoms with Crippen LogP contribution in [0.1, 0.15) is 95.3 Å². The minimum Gasteiger partial charge on any atom is -0.494 e. The number of rotatable bonds is 17. The quantitative estimate of drug-likeness (QED) is 0.184. The number of ketones is 1. The summed E-state index contributed by atoms with van der Waals surface area (Å²) in [7, 11) is 0. The molecule has 0 amide bonds. The fourth-order valence-electron chi connectivity index (χ4n) is 3.74. The van der Waals surface area contributed by atoms with Crippen molar-refractivity contribution < 1.29 is 14.3 Å². The number of Topliss-reactive ketones (excluding diaryl/α,β-unsaturated/α-hetero) is 1. The van der Waals surface area contributed by atoms with E-state index in [9.17, 15) is 4.79 Å². The Morgan fingerprint density at radius 1 is 0.688 bits per heavy atom. The van der Waals surface area contributed by atoms with E-state index in [-0.39, 0.29) is 5.78 Å². The smallest absolute Gasteiger partial charge is 0.191 e. The van der Waals surface area contributed by atoms with Crippen LogP contribution in [0.3, 0.4) is 0 Å². The standard InChI is InChI=1S/C29H42O3/c1-4-6-8-10-11-13-23-32-28-20-18-26(19-21-28)25-14-16-27(17-15-25)29(30)24(3)31-22-12-9-7-5-2/h14-21,24H,4-13,22-23H2,1-3H3. The molecule has 0 saturated heterocycles. The number of carbonyl (C=O) groups is 1. The van der Waals surface area contributed by atoms with Gasteiger partial charge in [-0.3, -0.25) is 4.79 Å². The molecule has 2 rings (SSSR count). The second kappa shape index (κ2) is 15.6. The lowest BCUT2D eigenvalue weighted by molar-refractivity contribution is 0.0464. The molecule has 0 N–H and O–H groups in total. The summed E-state index contributed by atoms with van der Waals surface area (Å²) >= 11 is 0. The molecule has 2 aromatic rings. The van der Waals surface area contributed by atoms with E-state index >= 15 is 0 Å². The number of hydrogen-bond acceptors (Lipinski definition) is 3. The summed E-state index contributed by atoms with van der Waals surface area (Å²) in [5.41, 5.74) is 2.92. The van der Waals surface area contributed by atoms with E-state index in [1.165, 1.54) is 44.9 Å². The lowest BCUT2D eigenvalue weighted by Gasteiger charge is -2.12. The average Bonchev–Trinajstić information content (AvgIpc) is 2.83. The molecule has 3 heteroatoms. The van der Waals surface area contributed by atoms with Crippen molar-refractivity contribution in [2.24, 2.45) is 0 Å². The topological polar surface area (TPSA) is 35.5 Å². The maximum atomic E-state index is 12.6. The molecular formula is C29H42O3. The van der Waals surface area contributed by atoms with E-state index in [4.69, 9.17) is 9.47 Å². The average molecular weight is 439 g/mol. The molecule has 0 fully saturated rings. The van der Waals surface area contributed by atoms with Gasteiger partial charge in [-0.25, -0.2) is 0 Å². The maximum Gasteiger partial charge on any atom is 0.191 e. The Balaban J connectivity index is 1.77. The van der Waals surface area contributed by atoms with Gasteiger partial charge in [-0.15, -0.1) is 0 Å². The minimum absolute atomic E-state index is 0.0467. The largest absolute Gasteiger partial charge is 0.494 e. The zero-order valence-electron chi connectivity index (χ0n) is 20.4. The third-order valence-electron chi connectivity index (χ3n) is 5.86. The molecule has 0 spiro atoms. The van der Waals surface area contributed by atoms with Crippen LogP contribution in [0.2, 0.25) is 0 Å². The maximum absolute atomic E-state index is 12.6. The third-order valence-corrected chi connectivity index (χ3v) is 5.86. The molecular weight excluding hydrogens is 396 g/mol. The highest BCUT2D eigenvalue weighted by molar-refractivity contribution is 5.99. The highest BCUT2D eigenvalue weighted by Gasteiger charge is 2.15. The van der Waals surface area contributed by atoms with Gasteiger partial charge in [-0.2, -0.15) is 0 Å². The monoisotopic (exact) mass is 438 g/mol. The Morgan fingerprint density at radius 3 is 1.81 bits per heavy atom. The zero-order valence-corrected chi connectivity index (χ0v) is 20.4. The molecule has 0 bridgehead atoms. The molecule has 0 aliphatic rings. The van der Waals surface area contributed by atoms with Crippen molar-refractivity contribution in [3.8, 4) is 16.9 Å². The fraction of sp³-hybridized carbons (Fsp3) is 0.552. The summed E-state index contributed by atoms with van der Waals surface area (Å²) in [6.45, 7) is 7.71. The first-order chi connectivity index (χ1) is 15.7. The first-order valence-electron chi connectivity index (χ1n) is 12.6. The van der Waals surface area contributed by atoms with Crippen LogP contribution in [0.15, 0.2) is 48.5 Å². The Hall–Kier alpha value is -2.13. The molecule has 1 atom stereocenters. The van der Waals surface area contributed by atoms with E-state index in [0.717, 1.165) is 42.7 Å². The number of benzene rings is 2. The van der Waals surface area contributed by atoms with E-state index in [2.05, 4.69) is 26.0 Å². The number of unbranched alkanes of at least 4 members (excludes halogenated alkanes) is 8. The van der Waals surface area contributed by atoms with Crippen LogP contribution in [0.4, 0.5) is 0 Å². The Labute approximate surface area is 195 Å². The second-order valence-electron chi connectivity index (χ2n) is 8.66. The molecule has 3 nitrogen and oxygen atoms in total. The number of hydrogen-bond donors (Lipinski definition) is 0. The van der Waals surface area contributed by atoms with Gasteiger partial charge < -0.3 is 9.47 Å². The second-order valence-corrected chi connectivity index (χ2v) is 8.66. The predicted molar refractivity (Wildman–Crippen MR) is 135 cm³/mol. The van der Waals surface area contributed by atoms with Gasteiger partial charge in [0, 0.05) is 12.2 Å². The fourth-order valence-corrected chi connectivity index (χ4v) is 3.74. The van der Waals surface area contributed by atoms with E-state index in [0.29, 0.717) is 12.2 Å². The van der Waals surface area contributed by atoms with Gasteiger partial charge in [0.15, 0.2) is 5.78 Å². The molecule has 32 heavy (non-hydrogen) atoms. The summed E-state index contributed by atoms with van der Waals surface area (Å²) in [5.74, 6) is 0.962. The van der Waals surface area contributed by atoms with E-state index in [1.54, 1.807) is 0 Å². The SMILES string of the molecule is CCCCCCCCOc1ccc(-c2ccc(C(=O)C(C)OCCCCCC)cc2)cc1. The van der Waals surface area contributed by atoms with Crippen LogP contribution < -0.4 is 4.74 Å². The molecule has 0 radical (unpaired) electrons. The lowest BCUT2D eigenvalue weighted by atomic mass is 10.0. The molecule has 0 aliphatic heterocycles. The van der Waals surface area contributed by atoms with Crippen LogP contribution in [-0.4, -0.2) is 25.1 Å². The van der Waals surface area contributed by atoms with Crippen molar-refractivity contribution >= 4 is 5.78 Å². The van der Waals surface area contributed by atoms with Crippen molar-refractivity contribution in [2.75, 3.05) is 13.2 Å². The molecule has 0 heterocycles. The summed E-state index contributed by atoms with van der Waals surface area (Å²) in [6, 6.07) is 16.0. The first-order valence-corrected chi connectivity index (χ1v) is 12.6. The first kappa shape index (κ1) is 26.1. The van der Waals surface area contributed by atoms with Gasteiger partial charge in [-0.1, -0.05) is 102 Å². The van der Waals surface area contributed by atoms with E-state index in [1.807, 2.05) is 43.3 Å². The van der Waals surface area contributed by atoms with Crippen LogP contribution in [0, 0.1) is 0 Å². The van der Waals surface area contributed by atoms with E-state index < -0.39 is 6.10 Å². The normalized spacial score (nSPS) is 12.0. The number of ether oxygens (including phenoxy) is 2. The molecule has 0 aromatic heterocycles. The highest BCUT2D eigenvalue weighted by atomic mass is 16.5. The molecule has 1 unspecified atom stereocenters. The van der Waals surface area contributed by atoms with Crippen molar-refractivity contribution in [2.45, 2.75) is 91.1 Å². The predicted octanol–water partition coefficient (Wildman–Crippen LogP) is 8.26. The van der Waals surface area contributed by atoms with Crippen LogP contribution in [0.25, 0.3) is 11.1 Å². The van der Waals surface area contributed by atoms with Crippen molar-refractivity contribution in [1.29, 1.82) is 0 Å². The van der Waals surface area contributed by atoms with Gasteiger partial charge >= 0.3 is 0 Å². The van der Waals surface area contributed by atoms with Crippen molar-refractivity contribution in [3.05, 3.63) is 54.1 Å². The molecule has 0 saturated carbocycles. The van der Waals surface area contributed by atoms with Gasteiger partial charge in [0.05, 0.1) is 6.61 Å². The van der Waals surface area contributed by atoms with Gasteiger partial charge in [0.1, 0.15) is 11.9 Å². The third kappa shape index (κ3) is 9.56. The minimum atomic E-state index is -0.398. The van der Waals surface area contributed by atoms with Crippen LogP contribution >= 0.6 is 0 Å². The summed E-state index contributed by atoms with van der Waals surface area (Å²) in [6.07, 6.45) is 11.8. The van der Waals surface area contributed by atoms with Crippen LogP contribution in [0.5, 0.6) is 5.75 Å². The van der Waals surface area contributed by atoms with Gasteiger partial charge in [0.2, 0.25) is 0 Å². The molecule has 176 valence electrons. The zero-order chi connectivity index (χ0) is 23.0. The Kier molecular flexibility index (Phi) is 12.8. The lowest BCUT2D eigenvalue weighted by Crippen LogP contribution is -2.21. The van der Waals surface area contributed by atoms with Crippen LogP contribution in [-0.2, 0) is 4.74 Å². The van der Waals surface area contributed by atoms with Crippen molar-refractivity contribution in [1.82, 2.24) is 0 Å². The summed E-state index contributed by atoms with van der Waals surface area (Å²) in [4.78, 5) is 12.6. The van der Waals surface area contributed by atoms with Gasteiger partial charge in [0.25, 0.3) is 0 Å².